The minimum atomic E-state index is -4.72. The number of amidine groups is 1. The highest BCUT2D eigenvalue weighted by atomic mass is 19.4. The molecule has 1 aromatic heterocycles. The quantitative estimate of drug-likeness (QED) is 0.575. The van der Waals surface area contributed by atoms with E-state index in [4.69, 9.17) is 10.5 Å². The predicted molar refractivity (Wildman–Crippen MR) is 96.2 cm³/mol. The number of benzene rings is 1. The average Bonchev–Trinajstić information content (AvgIpc) is 2.78. The van der Waals surface area contributed by atoms with Crippen LogP contribution in [0.3, 0.4) is 0 Å². The molecule has 1 aromatic carbocycles. The van der Waals surface area contributed by atoms with E-state index in [-0.39, 0.29) is 23.7 Å². The zero-order chi connectivity index (χ0) is 23.0. The lowest BCUT2D eigenvalue weighted by Crippen LogP contribution is -2.45. The predicted octanol–water partition coefficient (Wildman–Crippen LogP) is 3.30. The second-order valence-corrected chi connectivity index (χ2v) is 7.07. The normalized spacial score (nSPS) is 21.3. The molecule has 0 fully saturated rings. The molecule has 0 saturated heterocycles. The van der Waals surface area contributed by atoms with E-state index in [2.05, 4.69) is 15.0 Å². The van der Waals surface area contributed by atoms with Crippen molar-refractivity contribution in [1.82, 2.24) is 9.97 Å². The Bertz CT molecular complexity index is 1020. The van der Waals surface area contributed by atoms with Crippen LogP contribution >= 0.6 is 0 Å². The molecule has 1 aliphatic rings. The SMILES string of the molecule is C[C@]1(c2cc(CC(=O)c3cnc(C(F)(F)F)cn3)ccc2F)N=C(N)COCC1(F)F. The van der Waals surface area contributed by atoms with Gasteiger partial charge in [-0.1, -0.05) is 6.07 Å². The van der Waals surface area contributed by atoms with Crippen molar-refractivity contribution >= 4 is 11.6 Å². The van der Waals surface area contributed by atoms with Gasteiger partial charge in [-0.3, -0.25) is 9.79 Å². The third-order valence-electron chi connectivity index (χ3n) is 4.76. The summed E-state index contributed by atoms with van der Waals surface area (Å²) >= 11 is 0. The highest BCUT2D eigenvalue weighted by molar-refractivity contribution is 5.95. The molecule has 1 atom stereocenters. The molecule has 6 nitrogen and oxygen atoms in total. The Morgan fingerprint density at radius 2 is 1.94 bits per heavy atom. The second-order valence-electron chi connectivity index (χ2n) is 7.07. The average molecular weight is 446 g/mol. The number of Topliss-reactive ketones (excluding diaryl/α,β-unsaturated/α-hetero) is 1. The van der Waals surface area contributed by atoms with Gasteiger partial charge in [0.15, 0.2) is 17.0 Å². The van der Waals surface area contributed by atoms with Crippen LogP contribution in [-0.2, 0) is 22.9 Å². The summed E-state index contributed by atoms with van der Waals surface area (Å²) in [5.41, 5.74) is 1.17. The van der Waals surface area contributed by atoms with Gasteiger partial charge in [0.2, 0.25) is 0 Å². The van der Waals surface area contributed by atoms with Crippen LogP contribution in [0.25, 0.3) is 0 Å². The van der Waals surface area contributed by atoms with Crippen molar-refractivity contribution in [1.29, 1.82) is 0 Å². The highest BCUT2D eigenvalue weighted by Crippen LogP contribution is 2.43. The molecule has 0 aliphatic carbocycles. The second kappa shape index (κ2) is 7.91. The number of ether oxygens (including phenoxy) is 1. The molecule has 0 amide bonds. The number of ketones is 1. The van der Waals surface area contributed by atoms with Crippen molar-refractivity contribution in [3.05, 3.63) is 58.9 Å². The number of nitrogens with two attached hydrogens (primary N) is 1. The van der Waals surface area contributed by atoms with Crippen molar-refractivity contribution < 1.29 is 35.9 Å². The van der Waals surface area contributed by atoms with Crippen molar-refractivity contribution in [2.45, 2.75) is 31.0 Å². The van der Waals surface area contributed by atoms with Crippen molar-refractivity contribution in [2.75, 3.05) is 13.2 Å². The van der Waals surface area contributed by atoms with Gasteiger partial charge >= 0.3 is 6.18 Å². The molecule has 2 heterocycles. The zero-order valence-corrected chi connectivity index (χ0v) is 16.0. The number of aromatic nitrogens is 2. The maximum atomic E-state index is 14.7. The van der Waals surface area contributed by atoms with Gasteiger partial charge in [-0.05, 0) is 24.6 Å². The number of aliphatic imine (C=N–C) groups is 1. The first-order valence-electron chi connectivity index (χ1n) is 8.84. The fraction of sp³-hybridized carbons (Fsp3) is 0.368. The highest BCUT2D eigenvalue weighted by Gasteiger charge is 2.54. The smallest absolute Gasteiger partial charge is 0.385 e. The van der Waals surface area contributed by atoms with Gasteiger partial charge in [0.1, 0.15) is 30.6 Å². The van der Waals surface area contributed by atoms with Gasteiger partial charge in [0.05, 0.1) is 12.4 Å². The van der Waals surface area contributed by atoms with Gasteiger partial charge in [-0.2, -0.15) is 13.2 Å². The Hall–Kier alpha value is -3.02. The largest absolute Gasteiger partial charge is 0.434 e. The standard InChI is InChI=1S/C19H16F6N4O2/c1-17(18(21,22)9-31-8-16(26)29-17)11-4-10(2-3-12(11)20)5-14(30)13-6-28-15(7-27-13)19(23,24)25/h2-4,6-7H,5,8-9H2,1H3,(H2,26,29)/t17-/m1/s1. The van der Waals surface area contributed by atoms with Crippen LogP contribution in [0.15, 0.2) is 35.6 Å². The van der Waals surface area contributed by atoms with Crippen molar-refractivity contribution in [3.63, 3.8) is 0 Å². The molecule has 2 N–H and O–H groups in total. The molecular formula is C19H16F6N4O2. The molecule has 1 aliphatic heterocycles. The number of hydrogen-bond acceptors (Lipinski definition) is 6. The summed E-state index contributed by atoms with van der Waals surface area (Å²) in [5.74, 6) is -5.59. The molecule has 3 rings (SSSR count). The summed E-state index contributed by atoms with van der Waals surface area (Å²) in [5, 5.41) is 0. The molecule has 0 spiro atoms. The summed E-state index contributed by atoms with van der Waals surface area (Å²) in [7, 11) is 0. The fourth-order valence-corrected chi connectivity index (χ4v) is 3.03. The summed E-state index contributed by atoms with van der Waals surface area (Å²) in [4.78, 5) is 22.7. The van der Waals surface area contributed by atoms with Crippen molar-refractivity contribution in [2.24, 2.45) is 10.7 Å². The Kier molecular flexibility index (Phi) is 5.78. The van der Waals surface area contributed by atoms with E-state index >= 15 is 0 Å². The Labute approximate surface area is 172 Å². The van der Waals surface area contributed by atoms with E-state index < -0.39 is 53.5 Å². The summed E-state index contributed by atoms with van der Waals surface area (Å²) in [6.07, 6.45) is -4.08. The third-order valence-corrected chi connectivity index (χ3v) is 4.76. The van der Waals surface area contributed by atoms with Crippen LogP contribution in [0, 0.1) is 5.82 Å². The van der Waals surface area contributed by atoms with E-state index in [1.165, 1.54) is 6.07 Å². The lowest BCUT2D eigenvalue weighted by Gasteiger charge is -2.33. The zero-order valence-electron chi connectivity index (χ0n) is 16.0. The molecular weight excluding hydrogens is 430 g/mol. The molecule has 0 saturated carbocycles. The molecule has 31 heavy (non-hydrogen) atoms. The van der Waals surface area contributed by atoms with Crippen LogP contribution in [0.5, 0.6) is 0 Å². The summed E-state index contributed by atoms with van der Waals surface area (Å²) in [6.45, 7) is -0.394. The van der Waals surface area contributed by atoms with Gasteiger partial charge in [0.25, 0.3) is 5.92 Å². The lowest BCUT2D eigenvalue weighted by molar-refractivity contribution is -0.141. The van der Waals surface area contributed by atoms with Crippen LogP contribution in [0.1, 0.15) is 34.2 Å². The van der Waals surface area contributed by atoms with Crippen LogP contribution < -0.4 is 5.73 Å². The Balaban J connectivity index is 1.92. The lowest BCUT2D eigenvalue weighted by atomic mass is 9.84. The number of halogens is 6. The first-order chi connectivity index (χ1) is 14.3. The monoisotopic (exact) mass is 446 g/mol. The molecule has 12 heteroatoms. The van der Waals surface area contributed by atoms with Gasteiger partial charge in [-0.25, -0.2) is 23.1 Å². The number of hydrogen-bond donors (Lipinski definition) is 1. The number of carbonyl (C=O) groups is 1. The molecule has 0 unspecified atom stereocenters. The van der Waals surface area contributed by atoms with Gasteiger partial charge < -0.3 is 10.5 Å². The number of carbonyl (C=O) groups excluding carboxylic acids is 1. The summed E-state index contributed by atoms with van der Waals surface area (Å²) in [6, 6.07) is 3.13. The van der Waals surface area contributed by atoms with E-state index in [0.717, 1.165) is 19.1 Å². The first kappa shape index (κ1) is 22.7. The Morgan fingerprint density at radius 3 is 2.55 bits per heavy atom. The van der Waals surface area contributed by atoms with Crippen molar-refractivity contribution in [3.8, 4) is 0 Å². The number of alkyl halides is 5. The van der Waals surface area contributed by atoms with E-state index in [9.17, 15) is 31.1 Å². The first-order valence-corrected chi connectivity index (χ1v) is 8.84. The van der Waals surface area contributed by atoms with Gasteiger partial charge in [-0.15, -0.1) is 0 Å². The maximum absolute atomic E-state index is 14.7. The Morgan fingerprint density at radius 1 is 1.23 bits per heavy atom. The topological polar surface area (TPSA) is 90.5 Å². The minimum Gasteiger partial charge on any atom is -0.385 e. The fourth-order valence-electron chi connectivity index (χ4n) is 3.03. The van der Waals surface area contributed by atoms with E-state index in [1.807, 2.05) is 0 Å². The van der Waals surface area contributed by atoms with E-state index in [0.29, 0.717) is 12.4 Å². The summed E-state index contributed by atoms with van der Waals surface area (Å²) < 4.78 is 86.4. The number of nitrogens with zero attached hydrogens (tertiary/aromatic N) is 3. The van der Waals surface area contributed by atoms with Crippen LogP contribution in [0.2, 0.25) is 0 Å². The maximum Gasteiger partial charge on any atom is 0.434 e. The van der Waals surface area contributed by atoms with Crippen LogP contribution in [0.4, 0.5) is 26.3 Å². The van der Waals surface area contributed by atoms with Gasteiger partial charge in [0, 0.05) is 12.0 Å². The molecule has 166 valence electrons. The third kappa shape index (κ3) is 4.53. The minimum absolute atomic E-state index is 0.124. The number of rotatable bonds is 4. The van der Waals surface area contributed by atoms with Crippen LogP contribution in [-0.4, -0.2) is 40.7 Å². The molecule has 0 bridgehead atoms. The van der Waals surface area contributed by atoms with E-state index in [1.54, 1.807) is 0 Å². The molecule has 2 aromatic rings. The molecule has 0 radical (unpaired) electrons.